The lowest BCUT2D eigenvalue weighted by Crippen LogP contribution is -2.11. The van der Waals surface area contributed by atoms with Gasteiger partial charge in [-0.2, -0.15) is 0 Å². The van der Waals surface area contributed by atoms with Crippen molar-refractivity contribution in [2.75, 3.05) is 12.3 Å². The fourth-order valence-electron chi connectivity index (χ4n) is 1.64. The molecule has 0 saturated heterocycles. The summed E-state index contributed by atoms with van der Waals surface area (Å²) in [4.78, 5) is 8.74. The predicted octanol–water partition coefficient (Wildman–Crippen LogP) is 2.50. The quantitative estimate of drug-likeness (QED) is 0.805. The van der Waals surface area contributed by atoms with Crippen molar-refractivity contribution in [1.29, 1.82) is 0 Å². The van der Waals surface area contributed by atoms with E-state index in [4.69, 9.17) is 10.5 Å². The first-order valence-corrected chi connectivity index (χ1v) is 5.96. The van der Waals surface area contributed by atoms with Crippen molar-refractivity contribution in [2.24, 2.45) is 0 Å². The monoisotopic (exact) mass is 223 g/mol. The fourth-order valence-corrected chi connectivity index (χ4v) is 1.64. The summed E-state index contributed by atoms with van der Waals surface area (Å²) in [6.07, 6.45) is 2.82. The van der Waals surface area contributed by atoms with Crippen LogP contribution in [0.25, 0.3) is 0 Å². The maximum atomic E-state index is 5.77. The molecule has 1 unspecified atom stereocenters. The van der Waals surface area contributed by atoms with Gasteiger partial charge < -0.3 is 10.5 Å². The zero-order valence-electron chi connectivity index (χ0n) is 10.4. The summed E-state index contributed by atoms with van der Waals surface area (Å²) in [5, 5.41) is 0. The molecule has 0 bridgehead atoms. The molecule has 0 aliphatic carbocycles. The van der Waals surface area contributed by atoms with Gasteiger partial charge in [-0.1, -0.05) is 20.3 Å². The van der Waals surface area contributed by atoms with E-state index in [1.165, 1.54) is 0 Å². The van der Waals surface area contributed by atoms with Crippen molar-refractivity contribution in [2.45, 2.75) is 46.1 Å². The largest absolute Gasteiger partial charge is 0.384 e. The van der Waals surface area contributed by atoms with Gasteiger partial charge in [-0.25, -0.2) is 9.97 Å². The topological polar surface area (TPSA) is 61.0 Å². The third kappa shape index (κ3) is 3.45. The molecule has 0 spiro atoms. The highest BCUT2D eigenvalue weighted by Gasteiger charge is 2.13. The molecule has 1 rings (SSSR count). The van der Waals surface area contributed by atoms with Crippen LogP contribution in [0.5, 0.6) is 0 Å². The van der Waals surface area contributed by atoms with E-state index in [1.807, 2.05) is 13.0 Å². The summed E-state index contributed by atoms with van der Waals surface area (Å²) in [7, 11) is 0. The number of hydrogen-bond acceptors (Lipinski definition) is 4. The molecule has 0 saturated carbocycles. The molecule has 1 heterocycles. The SMILES string of the molecule is CCCc1cc(N)nc(C(CC)OCC)n1. The second kappa shape index (κ2) is 6.43. The minimum Gasteiger partial charge on any atom is -0.384 e. The van der Waals surface area contributed by atoms with Gasteiger partial charge in [0.15, 0.2) is 5.82 Å². The van der Waals surface area contributed by atoms with Gasteiger partial charge in [-0.05, 0) is 19.8 Å². The summed E-state index contributed by atoms with van der Waals surface area (Å²) in [6.45, 7) is 6.83. The molecule has 16 heavy (non-hydrogen) atoms. The number of rotatable bonds is 6. The van der Waals surface area contributed by atoms with Gasteiger partial charge >= 0.3 is 0 Å². The zero-order chi connectivity index (χ0) is 12.0. The van der Waals surface area contributed by atoms with Crippen LogP contribution in [0, 0.1) is 0 Å². The van der Waals surface area contributed by atoms with E-state index in [0.29, 0.717) is 18.2 Å². The van der Waals surface area contributed by atoms with Crippen LogP contribution in [0.2, 0.25) is 0 Å². The Labute approximate surface area is 97.2 Å². The molecule has 2 N–H and O–H groups in total. The van der Waals surface area contributed by atoms with E-state index in [9.17, 15) is 0 Å². The van der Waals surface area contributed by atoms with Gasteiger partial charge in [-0.15, -0.1) is 0 Å². The summed E-state index contributed by atoms with van der Waals surface area (Å²) >= 11 is 0. The van der Waals surface area contributed by atoms with Crippen LogP contribution in [0.3, 0.4) is 0 Å². The number of aryl methyl sites for hydroxylation is 1. The second-order valence-electron chi connectivity index (χ2n) is 3.74. The molecular formula is C12H21N3O. The molecule has 0 amide bonds. The first-order valence-electron chi connectivity index (χ1n) is 5.96. The lowest BCUT2D eigenvalue weighted by molar-refractivity contribution is 0.0534. The Kier molecular flexibility index (Phi) is 5.19. The lowest BCUT2D eigenvalue weighted by atomic mass is 10.2. The minimum atomic E-state index is -0.0379. The molecule has 0 radical (unpaired) electrons. The Balaban J connectivity index is 2.92. The number of nitrogens with two attached hydrogens (primary N) is 1. The van der Waals surface area contributed by atoms with Gasteiger partial charge in [-0.3, -0.25) is 0 Å². The fraction of sp³-hybridized carbons (Fsp3) is 0.667. The summed E-state index contributed by atoms with van der Waals surface area (Å²) in [5.41, 5.74) is 6.77. The number of aromatic nitrogens is 2. The van der Waals surface area contributed by atoms with E-state index in [0.717, 1.165) is 25.0 Å². The average Bonchev–Trinajstić information content (AvgIpc) is 2.25. The summed E-state index contributed by atoms with van der Waals surface area (Å²) in [5.74, 6) is 1.25. The molecule has 0 aliphatic heterocycles. The molecule has 90 valence electrons. The van der Waals surface area contributed by atoms with E-state index in [2.05, 4.69) is 23.8 Å². The summed E-state index contributed by atoms with van der Waals surface area (Å²) in [6, 6.07) is 1.84. The maximum Gasteiger partial charge on any atom is 0.159 e. The van der Waals surface area contributed by atoms with Gasteiger partial charge in [0, 0.05) is 18.4 Å². The van der Waals surface area contributed by atoms with E-state index in [-0.39, 0.29) is 6.10 Å². The Bertz CT molecular complexity index is 328. The van der Waals surface area contributed by atoms with Gasteiger partial charge in [0.1, 0.15) is 11.9 Å². The van der Waals surface area contributed by atoms with Crippen molar-refractivity contribution in [1.82, 2.24) is 9.97 Å². The zero-order valence-corrected chi connectivity index (χ0v) is 10.4. The molecule has 1 atom stereocenters. The van der Waals surface area contributed by atoms with Crippen molar-refractivity contribution in [3.05, 3.63) is 17.6 Å². The highest BCUT2D eigenvalue weighted by atomic mass is 16.5. The predicted molar refractivity (Wildman–Crippen MR) is 65.1 cm³/mol. The van der Waals surface area contributed by atoms with Crippen molar-refractivity contribution in [3.63, 3.8) is 0 Å². The van der Waals surface area contributed by atoms with Crippen LogP contribution < -0.4 is 5.73 Å². The maximum absolute atomic E-state index is 5.77. The molecule has 4 heteroatoms. The van der Waals surface area contributed by atoms with Crippen molar-refractivity contribution >= 4 is 5.82 Å². The third-order valence-corrected chi connectivity index (χ3v) is 2.35. The lowest BCUT2D eigenvalue weighted by Gasteiger charge is -2.14. The summed E-state index contributed by atoms with van der Waals surface area (Å²) < 4.78 is 5.58. The Morgan fingerprint density at radius 3 is 2.62 bits per heavy atom. The normalized spacial score (nSPS) is 12.7. The molecule has 1 aromatic heterocycles. The number of nitrogens with zero attached hydrogens (tertiary/aromatic N) is 2. The molecule has 0 aliphatic rings. The highest BCUT2D eigenvalue weighted by Crippen LogP contribution is 2.19. The van der Waals surface area contributed by atoms with Crippen LogP contribution in [0.4, 0.5) is 5.82 Å². The number of ether oxygens (including phenoxy) is 1. The van der Waals surface area contributed by atoms with Crippen LogP contribution in [0.15, 0.2) is 6.07 Å². The Hall–Kier alpha value is -1.16. The second-order valence-corrected chi connectivity index (χ2v) is 3.74. The van der Waals surface area contributed by atoms with E-state index >= 15 is 0 Å². The number of nitrogen functional groups attached to an aromatic ring is 1. The van der Waals surface area contributed by atoms with Crippen molar-refractivity contribution < 1.29 is 4.74 Å². The Morgan fingerprint density at radius 2 is 2.06 bits per heavy atom. The van der Waals surface area contributed by atoms with Crippen LogP contribution in [0.1, 0.15) is 51.2 Å². The van der Waals surface area contributed by atoms with Crippen LogP contribution in [-0.4, -0.2) is 16.6 Å². The molecule has 0 aromatic carbocycles. The standard InChI is InChI=1S/C12H21N3O/c1-4-7-9-8-11(13)15-12(14-9)10(5-2)16-6-3/h8,10H,4-7H2,1-3H3,(H2,13,14,15). The average molecular weight is 223 g/mol. The van der Waals surface area contributed by atoms with Crippen LogP contribution >= 0.6 is 0 Å². The molecule has 4 nitrogen and oxygen atoms in total. The van der Waals surface area contributed by atoms with Crippen LogP contribution in [-0.2, 0) is 11.2 Å². The third-order valence-electron chi connectivity index (χ3n) is 2.35. The highest BCUT2D eigenvalue weighted by molar-refractivity contribution is 5.30. The number of hydrogen-bond donors (Lipinski definition) is 1. The minimum absolute atomic E-state index is 0.0379. The van der Waals surface area contributed by atoms with Gasteiger partial charge in [0.05, 0.1) is 0 Å². The smallest absolute Gasteiger partial charge is 0.159 e. The number of anilines is 1. The van der Waals surface area contributed by atoms with Gasteiger partial charge in [0.2, 0.25) is 0 Å². The first kappa shape index (κ1) is 12.9. The molecule has 0 fully saturated rings. The molecular weight excluding hydrogens is 202 g/mol. The van der Waals surface area contributed by atoms with Crippen molar-refractivity contribution in [3.8, 4) is 0 Å². The molecule has 1 aromatic rings. The van der Waals surface area contributed by atoms with Gasteiger partial charge in [0.25, 0.3) is 0 Å². The van der Waals surface area contributed by atoms with E-state index in [1.54, 1.807) is 0 Å². The first-order chi connectivity index (χ1) is 7.71. The van der Waals surface area contributed by atoms with E-state index < -0.39 is 0 Å². The Morgan fingerprint density at radius 1 is 1.31 bits per heavy atom.